The minimum atomic E-state index is -3.68. The molecule has 0 aromatic heterocycles. The van der Waals surface area contributed by atoms with Crippen molar-refractivity contribution >= 4 is 25.7 Å². The number of nitrogens with zero attached hydrogens (tertiary/aromatic N) is 1. The fourth-order valence-corrected chi connectivity index (χ4v) is 4.83. The Hall–Kier alpha value is -1.90. The Balaban J connectivity index is 2.24. The van der Waals surface area contributed by atoms with Crippen LogP contribution in [0.2, 0.25) is 0 Å². The Kier molecular flexibility index (Phi) is 6.44. The minimum Gasteiger partial charge on any atom is -0.269 e. The average Bonchev–Trinajstić information content (AvgIpc) is 2.59. The molecule has 26 heavy (non-hydrogen) atoms. The van der Waals surface area contributed by atoms with Crippen LogP contribution in [0.4, 0.5) is 5.69 Å². The van der Waals surface area contributed by atoms with E-state index >= 15 is 0 Å². The Morgan fingerprint density at radius 2 is 1.62 bits per heavy atom. The van der Waals surface area contributed by atoms with Gasteiger partial charge in [-0.2, -0.15) is 0 Å². The molecule has 0 aliphatic carbocycles. The second kappa shape index (κ2) is 8.20. The molecule has 2 aromatic carbocycles. The van der Waals surface area contributed by atoms with Gasteiger partial charge < -0.3 is 0 Å². The molecule has 1 N–H and O–H groups in total. The van der Waals surface area contributed by atoms with Gasteiger partial charge in [0.05, 0.1) is 16.8 Å². The molecule has 2 aromatic rings. The van der Waals surface area contributed by atoms with E-state index in [1.54, 1.807) is 18.2 Å². The van der Waals surface area contributed by atoms with Gasteiger partial charge in [-0.05, 0) is 36.6 Å². The van der Waals surface area contributed by atoms with Crippen LogP contribution in [0.1, 0.15) is 18.1 Å². The molecule has 8 heteroatoms. The van der Waals surface area contributed by atoms with Crippen LogP contribution in [0.5, 0.6) is 0 Å². The van der Waals surface area contributed by atoms with Crippen LogP contribution in [0, 0.1) is 6.92 Å². The third-order valence-corrected chi connectivity index (χ3v) is 6.66. The lowest BCUT2D eigenvalue weighted by Crippen LogP contribution is -2.39. The number of aryl methyl sites for hydroxylation is 2. The summed E-state index contributed by atoms with van der Waals surface area (Å²) in [6.45, 7) is 3.79. The number of anilines is 1. The van der Waals surface area contributed by atoms with E-state index in [0.29, 0.717) is 12.1 Å². The molecule has 0 saturated carbocycles. The second-order valence-electron chi connectivity index (χ2n) is 5.98. The summed E-state index contributed by atoms with van der Waals surface area (Å²) >= 11 is 0. The van der Waals surface area contributed by atoms with Gasteiger partial charge in [0.25, 0.3) is 0 Å². The zero-order valence-corrected chi connectivity index (χ0v) is 16.8. The first kappa shape index (κ1) is 20.4. The number of nitrogens with one attached hydrogen (secondary N) is 1. The monoisotopic (exact) mass is 396 g/mol. The van der Waals surface area contributed by atoms with E-state index in [1.165, 1.54) is 16.4 Å². The molecule has 0 saturated heterocycles. The van der Waals surface area contributed by atoms with Crippen molar-refractivity contribution in [2.75, 3.05) is 23.7 Å². The lowest BCUT2D eigenvalue weighted by Gasteiger charge is -2.26. The number of hydrogen-bond donors (Lipinski definition) is 1. The smallest absolute Gasteiger partial charge is 0.240 e. The van der Waals surface area contributed by atoms with Crippen molar-refractivity contribution in [3.63, 3.8) is 0 Å². The molecule has 6 nitrogen and oxygen atoms in total. The quantitative estimate of drug-likeness (QED) is 0.742. The molecule has 0 amide bonds. The van der Waals surface area contributed by atoms with E-state index in [1.807, 2.05) is 32.0 Å². The average molecular weight is 397 g/mol. The topological polar surface area (TPSA) is 83.6 Å². The van der Waals surface area contributed by atoms with Gasteiger partial charge in [0.15, 0.2) is 0 Å². The van der Waals surface area contributed by atoms with Gasteiger partial charge in [0.1, 0.15) is 0 Å². The predicted octanol–water partition coefficient (Wildman–Crippen LogP) is 2.30. The van der Waals surface area contributed by atoms with Crippen LogP contribution >= 0.6 is 0 Å². The van der Waals surface area contributed by atoms with Gasteiger partial charge in [-0.1, -0.05) is 43.3 Å². The second-order valence-corrected chi connectivity index (χ2v) is 9.66. The highest BCUT2D eigenvalue weighted by Gasteiger charge is 2.22. The van der Waals surface area contributed by atoms with Crippen LogP contribution in [-0.4, -0.2) is 36.2 Å². The van der Waals surface area contributed by atoms with Gasteiger partial charge in [0.2, 0.25) is 20.0 Å². The Morgan fingerprint density at radius 3 is 2.19 bits per heavy atom. The summed E-state index contributed by atoms with van der Waals surface area (Å²) in [6, 6.07) is 13.6. The highest BCUT2D eigenvalue weighted by atomic mass is 32.2. The molecule has 0 atom stereocenters. The van der Waals surface area contributed by atoms with Crippen LogP contribution < -0.4 is 9.03 Å². The number of hydrogen-bond acceptors (Lipinski definition) is 4. The summed E-state index contributed by atoms with van der Waals surface area (Å²) in [4.78, 5) is 0.149. The summed E-state index contributed by atoms with van der Waals surface area (Å²) in [5.74, 6) is 0. The molecule has 0 aliphatic rings. The van der Waals surface area contributed by atoms with Crippen molar-refractivity contribution in [1.82, 2.24) is 4.72 Å². The number of rotatable bonds is 8. The third kappa shape index (κ3) is 4.84. The van der Waals surface area contributed by atoms with Gasteiger partial charge in [-0.3, -0.25) is 4.31 Å². The van der Waals surface area contributed by atoms with Gasteiger partial charge >= 0.3 is 0 Å². The highest BCUT2D eigenvalue weighted by molar-refractivity contribution is 7.92. The molecular weight excluding hydrogens is 372 g/mol. The first-order valence-electron chi connectivity index (χ1n) is 8.27. The molecule has 142 valence electrons. The van der Waals surface area contributed by atoms with Gasteiger partial charge in [-0.25, -0.2) is 21.6 Å². The first-order valence-corrected chi connectivity index (χ1v) is 11.6. The highest BCUT2D eigenvalue weighted by Crippen LogP contribution is 2.27. The molecule has 2 rings (SSSR count). The maximum atomic E-state index is 12.3. The first-order chi connectivity index (χ1) is 12.2. The maximum Gasteiger partial charge on any atom is 0.240 e. The molecule has 0 aliphatic heterocycles. The lowest BCUT2D eigenvalue weighted by molar-refractivity contribution is 0.578. The summed E-state index contributed by atoms with van der Waals surface area (Å²) < 4.78 is 53.0. The number of para-hydroxylation sites is 1. The molecule has 0 heterocycles. The van der Waals surface area contributed by atoms with Gasteiger partial charge in [0, 0.05) is 13.1 Å². The van der Waals surface area contributed by atoms with Crippen LogP contribution in [-0.2, 0) is 26.5 Å². The molecule has 0 radical (unpaired) electrons. The SMILES string of the molecule is CCc1cccc(C)c1N(CCNS(=O)(=O)c1ccccc1)S(C)(=O)=O. The van der Waals surface area contributed by atoms with Crippen molar-refractivity contribution in [3.05, 3.63) is 59.7 Å². The standard InChI is InChI=1S/C18H24N2O4S2/c1-4-16-10-8-9-15(2)18(16)20(25(3,21)22)14-13-19-26(23,24)17-11-6-5-7-12-17/h5-12,19H,4,13-14H2,1-3H3. The Bertz CT molecular complexity index is 956. The largest absolute Gasteiger partial charge is 0.269 e. The summed E-state index contributed by atoms with van der Waals surface area (Å²) in [7, 11) is -7.24. The van der Waals surface area contributed by atoms with Gasteiger partial charge in [-0.15, -0.1) is 0 Å². The molecular formula is C18H24N2O4S2. The number of benzene rings is 2. The van der Waals surface area contributed by atoms with Crippen molar-refractivity contribution in [2.45, 2.75) is 25.2 Å². The van der Waals surface area contributed by atoms with E-state index in [-0.39, 0.29) is 18.0 Å². The summed E-state index contributed by atoms with van der Waals surface area (Å²) in [5.41, 5.74) is 2.36. The lowest BCUT2D eigenvalue weighted by atomic mass is 10.1. The van der Waals surface area contributed by atoms with Crippen LogP contribution in [0.3, 0.4) is 0 Å². The minimum absolute atomic E-state index is 0.0166. The van der Waals surface area contributed by atoms with E-state index in [9.17, 15) is 16.8 Å². The molecule has 0 spiro atoms. The maximum absolute atomic E-state index is 12.3. The fourth-order valence-electron chi connectivity index (χ4n) is 2.77. The van der Waals surface area contributed by atoms with Crippen molar-refractivity contribution in [2.24, 2.45) is 0 Å². The zero-order valence-electron chi connectivity index (χ0n) is 15.1. The normalized spacial score (nSPS) is 12.1. The van der Waals surface area contributed by atoms with E-state index in [0.717, 1.165) is 17.4 Å². The Morgan fingerprint density at radius 1 is 0.962 bits per heavy atom. The predicted molar refractivity (Wildman–Crippen MR) is 104 cm³/mol. The third-order valence-electron chi connectivity index (χ3n) is 4.01. The van der Waals surface area contributed by atoms with Crippen LogP contribution in [0.15, 0.2) is 53.4 Å². The van der Waals surface area contributed by atoms with Crippen molar-refractivity contribution in [1.29, 1.82) is 0 Å². The van der Waals surface area contributed by atoms with Crippen molar-refractivity contribution in [3.8, 4) is 0 Å². The van der Waals surface area contributed by atoms with E-state index in [4.69, 9.17) is 0 Å². The summed E-state index contributed by atoms with van der Waals surface area (Å²) in [6.07, 6.45) is 1.81. The molecule has 0 bridgehead atoms. The van der Waals surface area contributed by atoms with Crippen LogP contribution in [0.25, 0.3) is 0 Å². The Labute approximate surface area is 156 Å². The zero-order chi connectivity index (χ0) is 19.4. The number of sulfonamides is 2. The molecule has 0 unspecified atom stereocenters. The fraction of sp³-hybridized carbons (Fsp3) is 0.333. The molecule has 0 fully saturated rings. The summed E-state index contributed by atoms with van der Waals surface area (Å²) in [5, 5.41) is 0. The van der Waals surface area contributed by atoms with E-state index in [2.05, 4.69) is 4.72 Å². The van der Waals surface area contributed by atoms with Crippen molar-refractivity contribution < 1.29 is 16.8 Å². The van der Waals surface area contributed by atoms with E-state index < -0.39 is 20.0 Å².